The Hall–Kier alpha value is -3.41. The largest absolute Gasteiger partial charge is 0.492 e. The summed E-state index contributed by atoms with van der Waals surface area (Å²) in [6, 6.07) is 20.7. The van der Waals surface area contributed by atoms with Crippen molar-refractivity contribution in [3.63, 3.8) is 0 Å². The molecule has 6 nitrogen and oxygen atoms in total. The minimum absolute atomic E-state index is 0.245. The van der Waals surface area contributed by atoms with E-state index in [0.29, 0.717) is 23.9 Å². The Morgan fingerprint density at radius 1 is 0.963 bits per heavy atom. The maximum atomic E-state index is 12.5. The molecule has 0 bridgehead atoms. The minimum Gasteiger partial charge on any atom is -0.492 e. The summed E-state index contributed by atoms with van der Waals surface area (Å²) in [7, 11) is 0. The smallest absolute Gasteiger partial charge is 0.276 e. The molecular formula is C21H22N4O2. The first-order chi connectivity index (χ1) is 13.2. The molecule has 138 valence electrons. The van der Waals surface area contributed by atoms with Crippen LogP contribution in [0.5, 0.6) is 5.75 Å². The number of nitrogens with one attached hydrogen (secondary N) is 1. The molecule has 1 heterocycles. The van der Waals surface area contributed by atoms with Crippen LogP contribution in [0.1, 0.15) is 24.3 Å². The summed E-state index contributed by atoms with van der Waals surface area (Å²) in [4.78, 5) is 14.5. The molecule has 0 saturated heterocycles. The number of hydrogen-bond acceptors (Lipinski definition) is 5. The maximum Gasteiger partial charge on any atom is 0.276 e. The van der Waals surface area contributed by atoms with Crippen molar-refractivity contribution in [3.05, 3.63) is 72.4 Å². The summed E-state index contributed by atoms with van der Waals surface area (Å²) in [5, 5.41) is 11.2. The van der Waals surface area contributed by atoms with Gasteiger partial charge >= 0.3 is 0 Å². The molecule has 6 heteroatoms. The zero-order chi connectivity index (χ0) is 19.1. The molecule has 3 rings (SSSR count). The van der Waals surface area contributed by atoms with Crippen LogP contribution in [0.4, 0.5) is 17.2 Å². The van der Waals surface area contributed by atoms with Gasteiger partial charge in [0.2, 0.25) is 0 Å². The summed E-state index contributed by atoms with van der Waals surface area (Å²) >= 11 is 0. The van der Waals surface area contributed by atoms with E-state index in [1.54, 1.807) is 18.2 Å². The van der Waals surface area contributed by atoms with Crippen molar-refractivity contribution in [2.45, 2.75) is 13.8 Å². The highest BCUT2D eigenvalue weighted by atomic mass is 16.5. The first kappa shape index (κ1) is 18.4. The Kier molecular flexibility index (Phi) is 5.99. The fraction of sp³-hybridized carbons (Fsp3) is 0.190. The molecule has 1 amide bonds. The minimum atomic E-state index is -0.330. The average molecular weight is 362 g/mol. The lowest BCUT2D eigenvalue weighted by molar-refractivity contribution is 0.102. The lowest BCUT2D eigenvalue weighted by Gasteiger charge is -2.21. The van der Waals surface area contributed by atoms with Crippen molar-refractivity contribution in [1.82, 2.24) is 10.2 Å². The molecule has 0 fully saturated rings. The molecule has 0 aliphatic rings. The highest BCUT2D eigenvalue weighted by molar-refractivity contribution is 6.03. The van der Waals surface area contributed by atoms with E-state index in [0.717, 1.165) is 12.2 Å². The highest BCUT2D eigenvalue weighted by Gasteiger charge is 2.14. The molecular weight excluding hydrogens is 340 g/mol. The fourth-order valence-electron chi connectivity index (χ4n) is 2.71. The first-order valence-corrected chi connectivity index (χ1v) is 8.92. The first-order valence-electron chi connectivity index (χ1n) is 8.92. The molecule has 0 aliphatic heterocycles. The zero-order valence-electron chi connectivity index (χ0n) is 15.4. The van der Waals surface area contributed by atoms with E-state index in [1.165, 1.54) is 0 Å². The number of hydrogen-bond donors (Lipinski definition) is 1. The van der Waals surface area contributed by atoms with E-state index in [2.05, 4.69) is 15.5 Å². The molecule has 1 N–H and O–H groups in total. The highest BCUT2D eigenvalue weighted by Crippen LogP contribution is 2.25. The van der Waals surface area contributed by atoms with Gasteiger partial charge in [0.05, 0.1) is 12.3 Å². The Morgan fingerprint density at radius 3 is 2.37 bits per heavy atom. The molecule has 0 radical (unpaired) electrons. The van der Waals surface area contributed by atoms with Crippen LogP contribution in [0.15, 0.2) is 66.7 Å². The molecule has 0 aliphatic carbocycles. The predicted octanol–water partition coefficient (Wildman–Crippen LogP) is 4.29. The number of para-hydroxylation sites is 3. The molecule has 2 aromatic carbocycles. The predicted molar refractivity (Wildman–Crippen MR) is 107 cm³/mol. The van der Waals surface area contributed by atoms with Crippen LogP contribution >= 0.6 is 0 Å². The average Bonchev–Trinajstić information content (AvgIpc) is 2.71. The number of aromatic nitrogens is 2. The summed E-state index contributed by atoms with van der Waals surface area (Å²) in [5.41, 5.74) is 1.88. The van der Waals surface area contributed by atoms with Crippen LogP contribution in [0.25, 0.3) is 0 Å². The van der Waals surface area contributed by atoms with Gasteiger partial charge in [-0.05, 0) is 50.2 Å². The third-order valence-electron chi connectivity index (χ3n) is 3.98. The quantitative estimate of drug-likeness (QED) is 0.679. The number of anilines is 3. The Bertz CT molecular complexity index is 882. The second-order valence-electron chi connectivity index (χ2n) is 5.74. The van der Waals surface area contributed by atoms with Gasteiger partial charge in [0, 0.05) is 12.2 Å². The van der Waals surface area contributed by atoms with Crippen molar-refractivity contribution >= 4 is 23.1 Å². The molecule has 3 aromatic rings. The molecule has 0 atom stereocenters. The van der Waals surface area contributed by atoms with Gasteiger partial charge in [-0.3, -0.25) is 4.79 Å². The van der Waals surface area contributed by atoms with E-state index in [4.69, 9.17) is 4.74 Å². The number of ether oxygens (including phenoxy) is 1. The lowest BCUT2D eigenvalue weighted by Crippen LogP contribution is -2.20. The van der Waals surface area contributed by atoms with Crippen LogP contribution in [0.2, 0.25) is 0 Å². The summed E-state index contributed by atoms with van der Waals surface area (Å²) in [5.74, 6) is 0.984. The molecule has 0 unspecified atom stereocenters. The standard InChI is InChI=1S/C21H22N4O2/c1-3-25(16-10-6-5-7-11-16)20-15-14-18(23-24-20)21(26)22-17-12-8-9-13-19(17)27-4-2/h5-15H,3-4H2,1-2H3,(H,22,26). The topological polar surface area (TPSA) is 67.3 Å². The van der Waals surface area contributed by atoms with E-state index >= 15 is 0 Å². The van der Waals surface area contributed by atoms with Crippen molar-refractivity contribution in [1.29, 1.82) is 0 Å². The fourth-order valence-corrected chi connectivity index (χ4v) is 2.71. The number of rotatable bonds is 7. The summed E-state index contributed by atoms with van der Waals surface area (Å²) in [6.07, 6.45) is 0. The van der Waals surface area contributed by atoms with E-state index in [9.17, 15) is 4.79 Å². The number of carbonyl (C=O) groups excluding carboxylic acids is 1. The van der Waals surface area contributed by atoms with Gasteiger partial charge in [-0.2, -0.15) is 0 Å². The van der Waals surface area contributed by atoms with Crippen molar-refractivity contribution < 1.29 is 9.53 Å². The van der Waals surface area contributed by atoms with Gasteiger partial charge in [-0.15, -0.1) is 10.2 Å². The number of nitrogens with zero attached hydrogens (tertiary/aromatic N) is 3. The van der Waals surface area contributed by atoms with Gasteiger partial charge in [0.1, 0.15) is 5.75 Å². The molecule has 0 spiro atoms. The van der Waals surface area contributed by atoms with E-state index in [1.807, 2.05) is 67.3 Å². The zero-order valence-corrected chi connectivity index (χ0v) is 15.4. The Labute approximate surface area is 158 Å². The number of carbonyl (C=O) groups is 1. The van der Waals surface area contributed by atoms with Crippen molar-refractivity contribution in [2.24, 2.45) is 0 Å². The van der Waals surface area contributed by atoms with E-state index < -0.39 is 0 Å². The second-order valence-corrected chi connectivity index (χ2v) is 5.74. The summed E-state index contributed by atoms with van der Waals surface area (Å²) < 4.78 is 5.53. The summed E-state index contributed by atoms with van der Waals surface area (Å²) in [6.45, 7) is 5.20. The maximum absolute atomic E-state index is 12.5. The van der Waals surface area contributed by atoms with Crippen LogP contribution in [-0.2, 0) is 0 Å². The van der Waals surface area contributed by atoms with Crippen LogP contribution in [-0.4, -0.2) is 29.3 Å². The number of amides is 1. The molecule has 0 saturated carbocycles. The van der Waals surface area contributed by atoms with Crippen LogP contribution in [0.3, 0.4) is 0 Å². The van der Waals surface area contributed by atoms with Crippen molar-refractivity contribution in [2.75, 3.05) is 23.4 Å². The Morgan fingerprint density at radius 2 is 1.70 bits per heavy atom. The second kappa shape index (κ2) is 8.80. The van der Waals surface area contributed by atoms with Crippen LogP contribution in [0, 0.1) is 0 Å². The van der Waals surface area contributed by atoms with E-state index in [-0.39, 0.29) is 11.6 Å². The van der Waals surface area contributed by atoms with Crippen molar-refractivity contribution in [3.8, 4) is 5.75 Å². The SMILES string of the molecule is CCOc1ccccc1NC(=O)c1ccc(N(CC)c2ccccc2)nn1. The van der Waals surface area contributed by atoms with Gasteiger partial charge in [0.15, 0.2) is 11.5 Å². The lowest BCUT2D eigenvalue weighted by atomic mass is 10.2. The third kappa shape index (κ3) is 4.41. The monoisotopic (exact) mass is 362 g/mol. The van der Waals surface area contributed by atoms with Gasteiger partial charge in [-0.25, -0.2) is 0 Å². The van der Waals surface area contributed by atoms with Gasteiger partial charge < -0.3 is 15.0 Å². The number of benzene rings is 2. The Balaban J connectivity index is 1.76. The van der Waals surface area contributed by atoms with Crippen LogP contribution < -0.4 is 15.0 Å². The molecule has 1 aromatic heterocycles. The molecule has 27 heavy (non-hydrogen) atoms. The normalized spacial score (nSPS) is 10.3. The van der Waals surface area contributed by atoms with Gasteiger partial charge in [0.25, 0.3) is 5.91 Å². The third-order valence-corrected chi connectivity index (χ3v) is 3.98. The van der Waals surface area contributed by atoms with Gasteiger partial charge in [-0.1, -0.05) is 30.3 Å².